The molecular formula is C15H23N3O11S. The Kier molecular flexibility index (Phi) is 11.3. The first-order valence-corrected chi connectivity index (χ1v) is 10.0. The van der Waals surface area contributed by atoms with Crippen molar-refractivity contribution in [3.8, 4) is 0 Å². The van der Waals surface area contributed by atoms with Gasteiger partial charge in [-0.05, 0) is 37.4 Å². The minimum absolute atomic E-state index is 0.0574. The van der Waals surface area contributed by atoms with Crippen LogP contribution in [0.3, 0.4) is 0 Å². The molecule has 0 aromatic rings. The predicted molar refractivity (Wildman–Crippen MR) is 98.9 cm³/mol. The highest BCUT2D eigenvalue weighted by Crippen LogP contribution is 2.23. The van der Waals surface area contributed by atoms with Crippen molar-refractivity contribution < 1.29 is 43.7 Å². The van der Waals surface area contributed by atoms with E-state index in [1.165, 1.54) is 4.90 Å². The zero-order valence-corrected chi connectivity index (χ0v) is 17.1. The van der Waals surface area contributed by atoms with Crippen molar-refractivity contribution in [3.05, 3.63) is 20.2 Å². The molecule has 0 spiro atoms. The molecule has 15 heteroatoms. The molecule has 0 saturated carbocycles. The van der Waals surface area contributed by atoms with Gasteiger partial charge in [-0.25, -0.2) is 9.59 Å². The Morgan fingerprint density at radius 3 is 2.43 bits per heavy atom. The molecule has 1 rings (SSSR count). The van der Waals surface area contributed by atoms with Gasteiger partial charge in [-0.2, -0.15) is 0 Å². The number of likely N-dealkylation sites (tertiary alicyclic amines) is 1. The number of carbonyl (C=O) groups is 3. The van der Waals surface area contributed by atoms with Crippen LogP contribution in [-0.2, 0) is 28.7 Å². The van der Waals surface area contributed by atoms with E-state index < -0.39 is 40.2 Å². The van der Waals surface area contributed by atoms with Crippen LogP contribution in [-0.4, -0.2) is 70.6 Å². The normalized spacial score (nSPS) is 16.4. The number of esters is 1. The number of carbonyl (C=O) groups excluding carboxylic acids is 3. The quantitative estimate of drug-likeness (QED) is 0.128. The second-order valence-corrected chi connectivity index (χ2v) is 7.15. The van der Waals surface area contributed by atoms with E-state index in [0.717, 1.165) is 0 Å². The van der Waals surface area contributed by atoms with Gasteiger partial charge in [0, 0.05) is 18.2 Å². The fourth-order valence-electron chi connectivity index (χ4n) is 2.59. The third-order valence-corrected chi connectivity index (χ3v) is 5.02. The zero-order valence-electron chi connectivity index (χ0n) is 16.3. The minimum atomic E-state index is -1.10. The predicted octanol–water partition coefficient (Wildman–Crippen LogP) is 1.18. The van der Waals surface area contributed by atoms with E-state index in [1.807, 2.05) is 0 Å². The Morgan fingerprint density at radius 1 is 1.10 bits per heavy atom. The summed E-state index contributed by atoms with van der Waals surface area (Å²) in [7, 11) is 0. The molecule has 1 aliphatic heterocycles. The zero-order chi connectivity index (χ0) is 22.5. The molecule has 14 nitrogen and oxygen atoms in total. The van der Waals surface area contributed by atoms with Crippen LogP contribution in [0.5, 0.6) is 0 Å². The van der Waals surface area contributed by atoms with Crippen molar-refractivity contribution in [2.75, 3.05) is 32.3 Å². The first-order valence-electron chi connectivity index (χ1n) is 9.03. The molecule has 1 aliphatic rings. The number of rotatable bonds is 13. The molecule has 0 bridgehead atoms. The molecule has 1 saturated heterocycles. The van der Waals surface area contributed by atoms with Crippen molar-refractivity contribution in [1.82, 2.24) is 4.90 Å². The topological polar surface area (TPSA) is 178 Å². The Hall–Kier alpha value is -2.84. The summed E-state index contributed by atoms with van der Waals surface area (Å²) in [4.78, 5) is 65.8. The summed E-state index contributed by atoms with van der Waals surface area (Å²) < 4.78 is 9.62. The standard InChI is InChI=1S/C15H23N3O11S/c1-11(9-30-15(21)27-10-29-18(24)25)13(19)16-6-4-5-12(16)14(20)26-7-2-3-8-28-17(22)23/h11-12H,2-10H2,1H3/t11-,12+/m1/s1. The third kappa shape index (κ3) is 9.58. The highest BCUT2D eigenvalue weighted by atomic mass is 32.2. The highest BCUT2D eigenvalue weighted by Gasteiger charge is 2.37. The lowest BCUT2D eigenvalue weighted by molar-refractivity contribution is -0.765. The van der Waals surface area contributed by atoms with Crippen molar-refractivity contribution in [2.45, 2.75) is 38.6 Å². The van der Waals surface area contributed by atoms with E-state index in [4.69, 9.17) is 4.74 Å². The number of hydrogen-bond acceptors (Lipinski definition) is 12. The van der Waals surface area contributed by atoms with Gasteiger partial charge in [0.25, 0.3) is 10.2 Å². The molecule has 170 valence electrons. The van der Waals surface area contributed by atoms with Gasteiger partial charge in [0.1, 0.15) is 6.04 Å². The molecule has 1 fully saturated rings. The lowest BCUT2D eigenvalue weighted by atomic mass is 10.1. The summed E-state index contributed by atoms with van der Waals surface area (Å²) in [5, 5.41) is 17.2. The molecule has 0 N–H and O–H groups in total. The number of nitrogens with zero attached hydrogens (tertiary/aromatic N) is 3. The summed E-state index contributed by atoms with van der Waals surface area (Å²) in [6.07, 6.45) is 1.81. The van der Waals surface area contributed by atoms with Crippen molar-refractivity contribution >= 4 is 28.9 Å². The van der Waals surface area contributed by atoms with Crippen LogP contribution in [0.25, 0.3) is 0 Å². The third-order valence-electron chi connectivity index (χ3n) is 4.00. The summed E-state index contributed by atoms with van der Waals surface area (Å²) >= 11 is 0.669. The van der Waals surface area contributed by atoms with E-state index in [-0.39, 0.29) is 24.9 Å². The number of amides is 1. The first kappa shape index (κ1) is 25.2. The van der Waals surface area contributed by atoms with Crippen LogP contribution < -0.4 is 0 Å². The Balaban J connectivity index is 2.35. The van der Waals surface area contributed by atoms with Gasteiger partial charge in [0.05, 0.1) is 13.2 Å². The molecule has 0 aromatic heterocycles. The van der Waals surface area contributed by atoms with E-state index in [0.29, 0.717) is 44.0 Å². The average Bonchev–Trinajstić information content (AvgIpc) is 3.17. The molecule has 1 amide bonds. The molecule has 0 unspecified atom stereocenters. The molecule has 1 heterocycles. The minimum Gasteiger partial charge on any atom is -0.464 e. The Morgan fingerprint density at radius 2 is 1.77 bits per heavy atom. The smallest absolute Gasteiger partial charge is 0.369 e. The highest BCUT2D eigenvalue weighted by molar-refractivity contribution is 8.13. The molecule has 30 heavy (non-hydrogen) atoms. The lowest BCUT2D eigenvalue weighted by Gasteiger charge is -2.26. The Bertz CT molecular complexity index is 633. The van der Waals surface area contributed by atoms with Crippen LogP contribution in [0.15, 0.2) is 0 Å². The maximum Gasteiger partial charge on any atom is 0.369 e. The van der Waals surface area contributed by atoms with Crippen LogP contribution in [0, 0.1) is 26.1 Å². The number of ether oxygens (including phenoxy) is 2. The van der Waals surface area contributed by atoms with Gasteiger partial charge in [0.2, 0.25) is 12.7 Å². The van der Waals surface area contributed by atoms with E-state index in [1.54, 1.807) is 6.92 Å². The van der Waals surface area contributed by atoms with Crippen LogP contribution >= 0.6 is 11.8 Å². The van der Waals surface area contributed by atoms with Gasteiger partial charge >= 0.3 is 11.3 Å². The molecule has 0 aliphatic carbocycles. The van der Waals surface area contributed by atoms with Crippen LogP contribution in [0.1, 0.15) is 32.6 Å². The van der Waals surface area contributed by atoms with Gasteiger partial charge in [-0.15, -0.1) is 20.2 Å². The summed E-state index contributed by atoms with van der Waals surface area (Å²) in [5.74, 6) is -1.42. The summed E-state index contributed by atoms with van der Waals surface area (Å²) in [6.45, 7) is 1.10. The number of thioether (sulfide) groups is 1. The average molecular weight is 453 g/mol. The summed E-state index contributed by atoms with van der Waals surface area (Å²) in [6, 6.07) is -0.722. The van der Waals surface area contributed by atoms with E-state index in [9.17, 15) is 34.6 Å². The van der Waals surface area contributed by atoms with E-state index in [2.05, 4.69) is 14.4 Å². The number of hydrogen-bond donors (Lipinski definition) is 0. The lowest BCUT2D eigenvalue weighted by Crippen LogP contribution is -2.44. The molecule has 0 radical (unpaired) electrons. The fourth-order valence-corrected chi connectivity index (χ4v) is 3.25. The van der Waals surface area contributed by atoms with Crippen molar-refractivity contribution in [1.29, 1.82) is 0 Å². The van der Waals surface area contributed by atoms with E-state index >= 15 is 0 Å². The Labute approximate surface area is 175 Å². The van der Waals surface area contributed by atoms with Gasteiger partial charge in [0.15, 0.2) is 0 Å². The first-order chi connectivity index (χ1) is 14.2. The fraction of sp³-hybridized carbons (Fsp3) is 0.800. The SMILES string of the molecule is C[C@H](CSC(=O)OCO[N+](=O)[O-])C(=O)N1CCC[C@H]1C(=O)OCCCCO[N+](=O)[O-]. The second-order valence-electron chi connectivity index (χ2n) is 6.20. The van der Waals surface area contributed by atoms with Crippen molar-refractivity contribution in [3.63, 3.8) is 0 Å². The van der Waals surface area contributed by atoms with Gasteiger partial charge in [-0.3, -0.25) is 9.63 Å². The maximum atomic E-state index is 12.6. The monoisotopic (exact) mass is 453 g/mol. The van der Waals surface area contributed by atoms with Crippen LogP contribution in [0.4, 0.5) is 4.79 Å². The molecule has 2 atom stereocenters. The van der Waals surface area contributed by atoms with Crippen LogP contribution in [0.2, 0.25) is 0 Å². The van der Waals surface area contributed by atoms with Gasteiger partial charge in [-0.1, -0.05) is 6.92 Å². The summed E-state index contributed by atoms with van der Waals surface area (Å²) in [5.41, 5.74) is 0. The maximum absolute atomic E-state index is 12.6. The van der Waals surface area contributed by atoms with Crippen molar-refractivity contribution in [2.24, 2.45) is 5.92 Å². The molecular weight excluding hydrogens is 430 g/mol. The molecule has 0 aromatic carbocycles. The number of unbranched alkanes of at least 4 members (excludes halogenated alkanes) is 1. The van der Waals surface area contributed by atoms with Gasteiger partial charge < -0.3 is 19.2 Å². The second kappa shape index (κ2) is 13.4. The largest absolute Gasteiger partial charge is 0.464 e.